The number of hydrogen-bond donors (Lipinski definition) is 0. The largest absolute Gasteiger partial charge is 0.452 e. The van der Waals surface area contributed by atoms with Gasteiger partial charge in [0.05, 0.1) is 0 Å². The number of fused-ring (bicyclic) bond motifs is 1. The first-order chi connectivity index (χ1) is 7.13. The maximum Gasteiger partial charge on any atom is 0.220 e. The highest BCUT2D eigenvalue weighted by molar-refractivity contribution is 6.06. The van der Waals surface area contributed by atoms with Crippen molar-refractivity contribution in [3.8, 4) is 0 Å². The highest BCUT2D eigenvalue weighted by atomic mass is 19.1. The molecule has 0 radical (unpaired) electrons. The molecule has 2 aromatic rings. The molecule has 1 aromatic carbocycles. The maximum absolute atomic E-state index is 13.0. The molecule has 0 saturated heterocycles. The van der Waals surface area contributed by atoms with Gasteiger partial charge in [-0.1, -0.05) is 6.58 Å². The first-order valence-corrected chi connectivity index (χ1v) is 4.49. The molecule has 0 aliphatic rings. The Morgan fingerprint density at radius 3 is 2.93 bits per heavy atom. The van der Waals surface area contributed by atoms with Crippen LogP contribution in [0.15, 0.2) is 35.3 Å². The number of aryl methyl sites for hydroxylation is 1. The first kappa shape index (κ1) is 9.65. The third-order valence-corrected chi connectivity index (χ3v) is 2.31. The zero-order valence-corrected chi connectivity index (χ0v) is 8.21. The van der Waals surface area contributed by atoms with Crippen molar-refractivity contribution in [2.75, 3.05) is 0 Å². The zero-order valence-electron chi connectivity index (χ0n) is 8.21. The summed E-state index contributed by atoms with van der Waals surface area (Å²) in [7, 11) is 0. The number of carbonyl (C=O) groups excluding carboxylic acids is 1. The van der Waals surface area contributed by atoms with Crippen molar-refractivity contribution in [1.29, 1.82) is 0 Å². The van der Waals surface area contributed by atoms with Crippen molar-refractivity contribution in [3.63, 3.8) is 0 Å². The molecular weight excluding hydrogens is 195 g/mol. The molecule has 0 atom stereocenters. The van der Waals surface area contributed by atoms with Crippen molar-refractivity contribution >= 4 is 16.8 Å². The standard InChI is InChI=1S/C12H9FO2/c1-3-10(14)12-7(2)9-6-8(13)4-5-11(9)15-12/h3-6H,1H2,2H3. The second-order valence-corrected chi connectivity index (χ2v) is 3.27. The van der Waals surface area contributed by atoms with E-state index in [-0.39, 0.29) is 17.4 Å². The van der Waals surface area contributed by atoms with E-state index >= 15 is 0 Å². The van der Waals surface area contributed by atoms with Gasteiger partial charge in [0.1, 0.15) is 11.4 Å². The minimum atomic E-state index is -0.344. The van der Waals surface area contributed by atoms with E-state index < -0.39 is 0 Å². The van der Waals surface area contributed by atoms with Gasteiger partial charge in [0.2, 0.25) is 5.78 Å². The summed E-state index contributed by atoms with van der Waals surface area (Å²) in [5.41, 5.74) is 1.16. The van der Waals surface area contributed by atoms with Gasteiger partial charge in [-0.2, -0.15) is 0 Å². The number of carbonyl (C=O) groups is 1. The van der Waals surface area contributed by atoms with Crippen LogP contribution in [0.1, 0.15) is 16.1 Å². The van der Waals surface area contributed by atoms with Crippen LogP contribution in [0, 0.1) is 12.7 Å². The summed E-state index contributed by atoms with van der Waals surface area (Å²) in [5, 5.41) is 0.625. The number of benzene rings is 1. The lowest BCUT2D eigenvalue weighted by molar-refractivity contribution is 0.102. The minimum Gasteiger partial charge on any atom is -0.452 e. The predicted octanol–water partition coefficient (Wildman–Crippen LogP) is 3.25. The van der Waals surface area contributed by atoms with Crippen LogP contribution in [0.2, 0.25) is 0 Å². The van der Waals surface area contributed by atoms with Crippen LogP contribution in [0.5, 0.6) is 0 Å². The molecule has 76 valence electrons. The second-order valence-electron chi connectivity index (χ2n) is 3.27. The van der Waals surface area contributed by atoms with E-state index in [0.29, 0.717) is 16.5 Å². The molecule has 2 nitrogen and oxygen atoms in total. The molecule has 0 saturated carbocycles. The van der Waals surface area contributed by atoms with Gasteiger partial charge in [-0.15, -0.1) is 0 Å². The molecule has 1 aromatic heterocycles. The molecule has 0 amide bonds. The lowest BCUT2D eigenvalue weighted by Crippen LogP contribution is -1.92. The van der Waals surface area contributed by atoms with E-state index in [0.717, 1.165) is 0 Å². The third-order valence-electron chi connectivity index (χ3n) is 2.31. The van der Waals surface area contributed by atoms with Crippen molar-refractivity contribution < 1.29 is 13.6 Å². The number of furan rings is 1. The molecule has 0 aliphatic heterocycles. The average molecular weight is 204 g/mol. The van der Waals surface area contributed by atoms with Crippen molar-refractivity contribution in [2.45, 2.75) is 6.92 Å². The average Bonchev–Trinajstić information content (AvgIpc) is 2.55. The minimum absolute atomic E-state index is 0.227. The van der Waals surface area contributed by atoms with Crippen LogP contribution in [-0.4, -0.2) is 5.78 Å². The predicted molar refractivity (Wildman–Crippen MR) is 55.4 cm³/mol. The van der Waals surface area contributed by atoms with Gasteiger partial charge in [-0.05, 0) is 31.2 Å². The number of halogens is 1. The lowest BCUT2D eigenvalue weighted by Gasteiger charge is -1.90. The van der Waals surface area contributed by atoms with Gasteiger partial charge >= 0.3 is 0 Å². The van der Waals surface area contributed by atoms with Crippen molar-refractivity contribution in [3.05, 3.63) is 48.0 Å². The molecule has 3 heteroatoms. The molecule has 0 fully saturated rings. The Morgan fingerprint density at radius 2 is 2.27 bits per heavy atom. The van der Waals surface area contributed by atoms with Crippen LogP contribution in [0.25, 0.3) is 11.0 Å². The van der Waals surface area contributed by atoms with Crippen molar-refractivity contribution in [2.24, 2.45) is 0 Å². The van der Waals surface area contributed by atoms with E-state index in [4.69, 9.17) is 4.42 Å². The molecule has 0 bridgehead atoms. The van der Waals surface area contributed by atoms with Crippen LogP contribution in [0.3, 0.4) is 0 Å². The van der Waals surface area contributed by atoms with Crippen LogP contribution in [-0.2, 0) is 0 Å². The summed E-state index contributed by atoms with van der Waals surface area (Å²) in [6.45, 7) is 5.11. The van der Waals surface area contributed by atoms with Crippen LogP contribution >= 0.6 is 0 Å². The van der Waals surface area contributed by atoms with Gasteiger partial charge in [0.25, 0.3) is 0 Å². The fraction of sp³-hybridized carbons (Fsp3) is 0.0833. The molecule has 1 heterocycles. The molecule has 0 N–H and O–H groups in total. The fourth-order valence-corrected chi connectivity index (χ4v) is 1.52. The Balaban J connectivity index is 2.75. The van der Waals surface area contributed by atoms with E-state index in [1.54, 1.807) is 6.92 Å². The third kappa shape index (κ3) is 1.46. The zero-order chi connectivity index (χ0) is 11.0. The van der Waals surface area contributed by atoms with Crippen LogP contribution in [0.4, 0.5) is 4.39 Å². The summed E-state index contributed by atoms with van der Waals surface area (Å²) >= 11 is 0. The van der Waals surface area contributed by atoms with E-state index in [1.807, 2.05) is 0 Å². The Bertz CT molecular complexity index is 552. The quantitative estimate of drug-likeness (QED) is 0.555. The van der Waals surface area contributed by atoms with E-state index in [1.165, 1.54) is 24.3 Å². The number of ketones is 1. The summed E-state index contributed by atoms with van der Waals surface area (Å²) in [4.78, 5) is 11.4. The highest BCUT2D eigenvalue weighted by Gasteiger charge is 2.15. The summed E-state index contributed by atoms with van der Waals surface area (Å²) < 4.78 is 18.3. The van der Waals surface area contributed by atoms with E-state index in [2.05, 4.69) is 6.58 Å². The van der Waals surface area contributed by atoms with Crippen molar-refractivity contribution in [1.82, 2.24) is 0 Å². The SMILES string of the molecule is C=CC(=O)c1oc2ccc(F)cc2c1C. The monoisotopic (exact) mass is 204 g/mol. The van der Waals surface area contributed by atoms with Gasteiger partial charge in [0.15, 0.2) is 5.76 Å². The maximum atomic E-state index is 13.0. The first-order valence-electron chi connectivity index (χ1n) is 4.49. The lowest BCUT2D eigenvalue weighted by atomic mass is 10.1. The Hall–Kier alpha value is -1.90. The Labute approximate surface area is 86.0 Å². The Morgan fingerprint density at radius 1 is 1.53 bits per heavy atom. The summed E-state index contributed by atoms with van der Waals surface area (Å²) in [6, 6.07) is 4.17. The fourth-order valence-electron chi connectivity index (χ4n) is 1.52. The highest BCUT2D eigenvalue weighted by Crippen LogP contribution is 2.26. The number of hydrogen-bond acceptors (Lipinski definition) is 2. The topological polar surface area (TPSA) is 30.2 Å². The van der Waals surface area contributed by atoms with Crippen LogP contribution < -0.4 is 0 Å². The molecule has 15 heavy (non-hydrogen) atoms. The Kier molecular flexibility index (Phi) is 2.15. The summed E-state index contributed by atoms with van der Waals surface area (Å²) in [5.74, 6) is -0.404. The van der Waals surface area contributed by atoms with E-state index in [9.17, 15) is 9.18 Å². The molecule has 0 spiro atoms. The molecule has 0 aliphatic carbocycles. The van der Waals surface area contributed by atoms with Gasteiger partial charge in [-0.25, -0.2) is 4.39 Å². The second kappa shape index (κ2) is 3.35. The van der Waals surface area contributed by atoms with Gasteiger partial charge < -0.3 is 4.42 Å². The van der Waals surface area contributed by atoms with Gasteiger partial charge in [0, 0.05) is 10.9 Å². The van der Waals surface area contributed by atoms with Gasteiger partial charge in [-0.3, -0.25) is 4.79 Å². The number of allylic oxidation sites excluding steroid dienone is 1. The smallest absolute Gasteiger partial charge is 0.220 e. The normalized spacial score (nSPS) is 10.5. The molecule has 2 rings (SSSR count). The number of rotatable bonds is 2. The molecule has 0 unspecified atom stereocenters. The summed E-state index contributed by atoms with van der Waals surface area (Å²) in [6.07, 6.45) is 1.18. The molecular formula is C12H9FO2.